The van der Waals surface area contributed by atoms with Gasteiger partial charge in [-0.25, -0.2) is 0 Å². The zero-order chi connectivity index (χ0) is 14.8. The third-order valence-corrected chi connectivity index (χ3v) is 5.92. The first-order valence-electron chi connectivity index (χ1n) is 7.61. The molecule has 0 aromatic rings. The lowest BCUT2D eigenvalue weighted by atomic mass is 9.82. The number of ketones is 1. The second-order valence-corrected chi connectivity index (χ2v) is 6.90. The van der Waals surface area contributed by atoms with Gasteiger partial charge in [0.2, 0.25) is 0 Å². The number of halogens is 2. The van der Waals surface area contributed by atoms with Crippen molar-refractivity contribution < 1.29 is 35.8 Å². The Balaban J connectivity index is 0.00000220. The number of esters is 1. The van der Waals surface area contributed by atoms with Crippen molar-refractivity contribution in [3.8, 4) is 0 Å². The molecule has 4 nitrogen and oxygen atoms in total. The van der Waals surface area contributed by atoms with Crippen LogP contribution in [0.25, 0.3) is 0 Å². The molecule has 0 aromatic heterocycles. The van der Waals surface area contributed by atoms with E-state index in [1.807, 2.05) is 0 Å². The Morgan fingerprint density at radius 3 is 2.38 bits per heavy atom. The van der Waals surface area contributed by atoms with Gasteiger partial charge in [0.1, 0.15) is 12.6 Å². The van der Waals surface area contributed by atoms with Gasteiger partial charge in [0, 0.05) is 6.42 Å². The molecule has 21 heavy (non-hydrogen) atoms. The molecule has 2 fully saturated rings. The van der Waals surface area contributed by atoms with Gasteiger partial charge in [0.15, 0.2) is 11.2 Å². The van der Waals surface area contributed by atoms with Gasteiger partial charge in [0.25, 0.3) is 0 Å². The molecule has 6 heteroatoms. The number of nitrogens with zero attached hydrogens (tertiary/aromatic N) is 1. The fourth-order valence-corrected chi connectivity index (χ4v) is 4.85. The van der Waals surface area contributed by atoms with Gasteiger partial charge >= 0.3 is 5.97 Å². The van der Waals surface area contributed by atoms with E-state index in [0.717, 1.165) is 22.9 Å². The zero-order valence-electron chi connectivity index (χ0n) is 12.9. The standard InChI is InChI=1S/C15H25BrNO3.BrH/c1-3-20-14(19)15(12(2)18)9-13(10-16)17(11-15)7-5-4-6-8-17;/h13H,3-11H2,1-2H3;1H/q+1;/p-1. The molecule has 122 valence electrons. The van der Waals surface area contributed by atoms with Crippen molar-refractivity contribution in [2.24, 2.45) is 5.41 Å². The van der Waals surface area contributed by atoms with Crippen LogP contribution in [0.4, 0.5) is 0 Å². The predicted octanol–water partition coefficient (Wildman–Crippen LogP) is -0.703. The Hall–Kier alpha value is 0.0600. The highest BCUT2D eigenvalue weighted by Gasteiger charge is 2.62. The van der Waals surface area contributed by atoms with Crippen LogP contribution in [0.3, 0.4) is 0 Å². The van der Waals surface area contributed by atoms with Gasteiger partial charge in [-0.1, -0.05) is 15.9 Å². The molecule has 2 rings (SSSR count). The molecular formula is C15H25Br2NO3. The molecule has 0 aromatic carbocycles. The molecule has 0 N–H and O–H groups in total. The zero-order valence-corrected chi connectivity index (χ0v) is 16.0. The molecule has 0 saturated carbocycles. The van der Waals surface area contributed by atoms with Gasteiger partial charge in [-0.05, 0) is 33.1 Å². The summed E-state index contributed by atoms with van der Waals surface area (Å²) in [5.41, 5.74) is -0.911. The maximum atomic E-state index is 12.4. The van der Waals surface area contributed by atoms with Crippen molar-refractivity contribution in [2.45, 2.75) is 45.6 Å². The van der Waals surface area contributed by atoms with Crippen molar-refractivity contribution in [2.75, 3.05) is 31.6 Å². The predicted molar refractivity (Wildman–Crippen MR) is 80.7 cm³/mol. The quantitative estimate of drug-likeness (QED) is 0.258. The normalized spacial score (nSPS) is 30.7. The maximum absolute atomic E-state index is 12.4. The van der Waals surface area contributed by atoms with E-state index in [4.69, 9.17) is 4.74 Å². The Morgan fingerprint density at radius 2 is 1.90 bits per heavy atom. The first-order chi connectivity index (χ1) is 9.50. The van der Waals surface area contributed by atoms with E-state index in [-0.39, 0.29) is 28.7 Å². The summed E-state index contributed by atoms with van der Waals surface area (Å²) in [6.45, 7) is 6.50. The number of carbonyl (C=O) groups excluding carboxylic acids is 2. The van der Waals surface area contributed by atoms with Crippen LogP contribution in [0.15, 0.2) is 0 Å². The summed E-state index contributed by atoms with van der Waals surface area (Å²) in [5.74, 6) is -0.332. The van der Waals surface area contributed by atoms with Crippen molar-refractivity contribution >= 4 is 27.7 Å². The first kappa shape index (κ1) is 19.1. The van der Waals surface area contributed by atoms with Crippen LogP contribution in [-0.4, -0.2) is 53.8 Å². The summed E-state index contributed by atoms with van der Waals surface area (Å²) in [7, 11) is 0. The smallest absolute Gasteiger partial charge is 0.325 e. The number of piperidine rings is 1. The van der Waals surface area contributed by atoms with Crippen molar-refractivity contribution in [3.63, 3.8) is 0 Å². The second-order valence-electron chi connectivity index (χ2n) is 6.26. The molecule has 0 radical (unpaired) electrons. The lowest BCUT2D eigenvalue weighted by molar-refractivity contribution is -0.942. The highest BCUT2D eigenvalue weighted by atomic mass is 79.9. The summed E-state index contributed by atoms with van der Waals surface area (Å²) in [5, 5.41) is 0.849. The Bertz CT molecular complexity index is 396. The number of Topliss-reactive ketones (excluding diaryl/α,β-unsaturated/α-hetero) is 1. The number of hydrogen-bond donors (Lipinski definition) is 0. The van der Waals surface area contributed by atoms with Crippen molar-refractivity contribution in [1.29, 1.82) is 0 Å². The number of rotatable bonds is 4. The Labute approximate surface area is 146 Å². The molecule has 2 aliphatic heterocycles. The highest BCUT2D eigenvalue weighted by Crippen LogP contribution is 2.44. The average molecular weight is 427 g/mol. The third kappa shape index (κ3) is 3.37. The monoisotopic (exact) mass is 425 g/mol. The van der Waals surface area contributed by atoms with E-state index in [9.17, 15) is 9.59 Å². The van der Waals surface area contributed by atoms with Gasteiger partial charge < -0.3 is 26.2 Å². The van der Waals surface area contributed by atoms with Crippen LogP contribution in [0.5, 0.6) is 0 Å². The molecule has 1 spiro atoms. The van der Waals surface area contributed by atoms with E-state index < -0.39 is 5.41 Å². The minimum atomic E-state index is -0.911. The van der Waals surface area contributed by atoms with E-state index in [1.54, 1.807) is 13.8 Å². The first-order valence-corrected chi connectivity index (χ1v) is 8.73. The highest BCUT2D eigenvalue weighted by molar-refractivity contribution is 9.09. The van der Waals surface area contributed by atoms with Gasteiger partial charge in [0.05, 0.1) is 25.0 Å². The Kier molecular flexibility index (Phi) is 6.87. The summed E-state index contributed by atoms with van der Waals surface area (Å²) in [6, 6.07) is 0.351. The van der Waals surface area contributed by atoms with Crippen LogP contribution >= 0.6 is 15.9 Å². The van der Waals surface area contributed by atoms with Crippen LogP contribution < -0.4 is 17.0 Å². The number of alkyl halides is 1. The third-order valence-electron chi connectivity index (χ3n) is 5.17. The van der Waals surface area contributed by atoms with Crippen LogP contribution in [-0.2, 0) is 14.3 Å². The molecule has 0 amide bonds. The van der Waals surface area contributed by atoms with Gasteiger partial charge in [-0.15, -0.1) is 0 Å². The summed E-state index contributed by atoms with van der Waals surface area (Å²) < 4.78 is 6.15. The number of hydrogen-bond acceptors (Lipinski definition) is 3. The maximum Gasteiger partial charge on any atom is 0.325 e. The molecule has 2 saturated heterocycles. The largest absolute Gasteiger partial charge is 1.00 e. The van der Waals surface area contributed by atoms with Gasteiger partial charge in [-0.3, -0.25) is 9.59 Å². The average Bonchev–Trinajstić information content (AvgIpc) is 2.75. The van der Waals surface area contributed by atoms with Crippen LogP contribution in [0.1, 0.15) is 39.5 Å². The second kappa shape index (κ2) is 7.55. The Morgan fingerprint density at radius 1 is 1.29 bits per heavy atom. The lowest BCUT2D eigenvalue weighted by Gasteiger charge is -2.43. The SMILES string of the molecule is CCOC(=O)C1(C(C)=O)CC(CBr)[N+]2(CCCCC2)C1.[Br-]. The summed E-state index contributed by atoms with van der Waals surface area (Å²) in [4.78, 5) is 24.7. The molecular weight excluding hydrogens is 402 g/mol. The topological polar surface area (TPSA) is 43.4 Å². The van der Waals surface area contributed by atoms with Crippen LogP contribution in [0.2, 0.25) is 0 Å². The van der Waals surface area contributed by atoms with E-state index in [2.05, 4.69) is 15.9 Å². The molecule has 2 unspecified atom stereocenters. The van der Waals surface area contributed by atoms with Crippen molar-refractivity contribution in [3.05, 3.63) is 0 Å². The summed E-state index contributed by atoms with van der Waals surface area (Å²) in [6.07, 6.45) is 4.29. The minimum absolute atomic E-state index is 0. The van der Waals surface area contributed by atoms with E-state index in [0.29, 0.717) is 25.6 Å². The number of carbonyl (C=O) groups is 2. The molecule has 2 atom stereocenters. The van der Waals surface area contributed by atoms with E-state index >= 15 is 0 Å². The molecule has 2 heterocycles. The molecule has 0 aliphatic carbocycles. The fourth-order valence-electron chi connectivity index (χ4n) is 4.01. The number of ether oxygens (including phenoxy) is 1. The number of quaternary nitrogens is 1. The molecule has 0 bridgehead atoms. The fraction of sp³-hybridized carbons (Fsp3) is 0.867. The van der Waals surface area contributed by atoms with Crippen molar-refractivity contribution in [1.82, 2.24) is 0 Å². The van der Waals surface area contributed by atoms with Gasteiger partial charge in [-0.2, -0.15) is 0 Å². The van der Waals surface area contributed by atoms with E-state index in [1.165, 1.54) is 19.3 Å². The minimum Gasteiger partial charge on any atom is -1.00 e. The molecule has 2 aliphatic rings. The summed E-state index contributed by atoms with van der Waals surface area (Å²) >= 11 is 3.60. The van der Waals surface area contributed by atoms with Crippen LogP contribution in [0, 0.1) is 5.41 Å². The lowest BCUT2D eigenvalue weighted by Crippen LogP contribution is -3.00.